The summed E-state index contributed by atoms with van der Waals surface area (Å²) in [5, 5.41) is 8.94. The Bertz CT molecular complexity index is 589. The fraction of sp³-hybridized carbons (Fsp3) is 0.650. The summed E-state index contributed by atoms with van der Waals surface area (Å²) in [6.45, 7) is 5.31. The highest BCUT2D eigenvalue weighted by molar-refractivity contribution is 5.40. The van der Waals surface area contributed by atoms with Gasteiger partial charge < -0.3 is 0 Å². The van der Waals surface area contributed by atoms with E-state index in [0.717, 1.165) is 13.1 Å². The third kappa shape index (κ3) is 2.69. The molecule has 0 amide bonds. The normalized spacial score (nSPS) is 27.7. The zero-order chi connectivity index (χ0) is 15.7. The van der Waals surface area contributed by atoms with Crippen LogP contribution in [0.5, 0.6) is 0 Å². The number of benzene rings is 1. The first-order valence-electron chi connectivity index (χ1n) is 9.25. The first-order chi connectivity index (χ1) is 11.3. The molecule has 1 unspecified atom stereocenters. The minimum Gasteiger partial charge on any atom is -0.296 e. The van der Waals surface area contributed by atoms with Gasteiger partial charge in [-0.3, -0.25) is 9.80 Å². The number of likely N-dealkylation sites (tertiary alicyclic amines) is 2. The Morgan fingerprint density at radius 2 is 1.78 bits per heavy atom. The van der Waals surface area contributed by atoms with Gasteiger partial charge in [-0.05, 0) is 81.2 Å². The Hall–Kier alpha value is -1.37. The highest BCUT2D eigenvalue weighted by atomic mass is 15.2. The quantitative estimate of drug-likeness (QED) is 0.784. The molecule has 122 valence electrons. The smallest absolute Gasteiger partial charge is 0.0865 e. The van der Waals surface area contributed by atoms with Crippen LogP contribution in [0.4, 0.5) is 0 Å². The second kappa shape index (κ2) is 6.26. The first kappa shape index (κ1) is 15.2. The molecule has 0 N–H and O–H groups in total. The van der Waals surface area contributed by atoms with Gasteiger partial charge in [0, 0.05) is 6.04 Å². The summed E-state index contributed by atoms with van der Waals surface area (Å²) in [6, 6.07) is 12.2. The molecule has 1 atom stereocenters. The largest absolute Gasteiger partial charge is 0.296 e. The predicted octanol–water partition coefficient (Wildman–Crippen LogP) is 3.47. The molecular weight excluding hydrogens is 282 g/mol. The van der Waals surface area contributed by atoms with E-state index in [2.05, 4.69) is 40.1 Å². The van der Waals surface area contributed by atoms with Crippen LogP contribution in [0.3, 0.4) is 0 Å². The van der Waals surface area contributed by atoms with Gasteiger partial charge in [0.2, 0.25) is 0 Å². The Labute approximate surface area is 139 Å². The average molecular weight is 309 g/mol. The van der Waals surface area contributed by atoms with E-state index in [1.54, 1.807) is 11.1 Å². The monoisotopic (exact) mass is 309 g/mol. The van der Waals surface area contributed by atoms with Crippen LogP contribution in [0, 0.1) is 11.3 Å². The molecule has 3 heteroatoms. The standard InChI is InChI=1S/C20H27N3/c21-11-16-22-14-9-20(10-15-22)8-7-19(23-12-3-4-13-23)17-5-1-2-6-18(17)20/h1-2,5-6,19H,3-4,7-10,12-16H2. The predicted molar refractivity (Wildman–Crippen MR) is 92.2 cm³/mol. The molecular formula is C20H27N3. The molecule has 23 heavy (non-hydrogen) atoms. The third-order valence-electron chi connectivity index (χ3n) is 6.48. The van der Waals surface area contributed by atoms with E-state index in [4.69, 9.17) is 5.26 Å². The van der Waals surface area contributed by atoms with Crippen LogP contribution in [0.25, 0.3) is 0 Å². The van der Waals surface area contributed by atoms with Crippen molar-refractivity contribution in [2.45, 2.75) is 50.0 Å². The molecule has 0 aromatic heterocycles. The average Bonchev–Trinajstić information content (AvgIpc) is 3.12. The summed E-state index contributed by atoms with van der Waals surface area (Å²) < 4.78 is 0. The SMILES string of the molecule is N#CCN1CCC2(CCC(N3CCCC3)c3ccccc32)CC1. The van der Waals surface area contributed by atoms with Crippen LogP contribution in [0.1, 0.15) is 55.7 Å². The molecule has 1 aromatic rings. The Morgan fingerprint density at radius 1 is 1.04 bits per heavy atom. The molecule has 0 saturated carbocycles. The lowest BCUT2D eigenvalue weighted by Crippen LogP contribution is -2.46. The van der Waals surface area contributed by atoms with Gasteiger partial charge in [0.25, 0.3) is 0 Å². The summed E-state index contributed by atoms with van der Waals surface area (Å²) in [7, 11) is 0. The van der Waals surface area contributed by atoms with E-state index in [1.165, 1.54) is 51.6 Å². The van der Waals surface area contributed by atoms with Crippen molar-refractivity contribution in [2.75, 3.05) is 32.7 Å². The van der Waals surface area contributed by atoms with Gasteiger partial charge in [-0.15, -0.1) is 0 Å². The minimum atomic E-state index is 0.374. The van der Waals surface area contributed by atoms with E-state index in [0.29, 0.717) is 18.0 Å². The van der Waals surface area contributed by atoms with Crippen molar-refractivity contribution in [1.29, 1.82) is 5.26 Å². The molecule has 4 rings (SSSR count). The maximum atomic E-state index is 8.94. The van der Waals surface area contributed by atoms with Gasteiger partial charge in [-0.25, -0.2) is 0 Å². The van der Waals surface area contributed by atoms with Crippen LogP contribution in [0.2, 0.25) is 0 Å². The lowest BCUT2D eigenvalue weighted by molar-refractivity contribution is 0.128. The molecule has 1 spiro atoms. The zero-order valence-electron chi connectivity index (χ0n) is 14.0. The Balaban J connectivity index is 1.61. The molecule has 1 aliphatic carbocycles. The molecule has 2 heterocycles. The van der Waals surface area contributed by atoms with Crippen molar-refractivity contribution in [2.24, 2.45) is 0 Å². The molecule has 2 fully saturated rings. The molecule has 2 saturated heterocycles. The van der Waals surface area contributed by atoms with Crippen molar-refractivity contribution < 1.29 is 0 Å². The van der Waals surface area contributed by atoms with Crippen molar-refractivity contribution in [3.8, 4) is 6.07 Å². The molecule has 0 radical (unpaired) electrons. The van der Waals surface area contributed by atoms with E-state index in [1.807, 2.05) is 0 Å². The Kier molecular flexibility index (Phi) is 4.13. The summed E-state index contributed by atoms with van der Waals surface area (Å²) >= 11 is 0. The summed E-state index contributed by atoms with van der Waals surface area (Å²) in [4.78, 5) is 5.04. The maximum absolute atomic E-state index is 8.94. The van der Waals surface area contributed by atoms with Crippen LogP contribution < -0.4 is 0 Å². The van der Waals surface area contributed by atoms with Gasteiger partial charge in [0.15, 0.2) is 0 Å². The van der Waals surface area contributed by atoms with Crippen LogP contribution in [-0.2, 0) is 5.41 Å². The topological polar surface area (TPSA) is 30.3 Å². The van der Waals surface area contributed by atoms with Crippen molar-refractivity contribution in [1.82, 2.24) is 9.80 Å². The van der Waals surface area contributed by atoms with E-state index >= 15 is 0 Å². The number of hydrogen-bond donors (Lipinski definition) is 0. The van der Waals surface area contributed by atoms with Crippen LogP contribution in [-0.4, -0.2) is 42.5 Å². The van der Waals surface area contributed by atoms with Crippen LogP contribution >= 0.6 is 0 Å². The van der Waals surface area contributed by atoms with Crippen molar-refractivity contribution in [3.63, 3.8) is 0 Å². The van der Waals surface area contributed by atoms with Gasteiger partial charge in [0.05, 0.1) is 12.6 Å². The third-order valence-corrected chi connectivity index (χ3v) is 6.48. The fourth-order valence-corrected chi connectivity index (χ4v) is 5.16. The highest BCUT2D eigenvalue weighted by Crippen LogP contribution is 2.49. The van der Waals surface area contributed by atoms with E-state index < -0.39 is 0 Å². The molecule has 2 aliphatic heterocycles. The number of nitrogens with zero attached hydrogens (tertiary/aromatic N) is 3. The first-order valence-corrected chi connectivity index (χ1v) is 9.25. The lowest BCUT2D eigenvalue weighted by atomic mass is 9.63. The van der Waals surface area contributed by atoms with Gasteiger partial charge in [0.1, 0.15) is 0 Å². The number of rotatable bonds is 2. The molecule has 0 bridgehead atoms. The fourth-order valence-electron chi connectivity index (χ4n) is 5.16. The number of piperidine rings is 1. The zero-order valence-corrected chi connectivity index (χ0v) is 14.0. The van der Waals surface area contributed by atoms with Crippen molar-refractivity contribution in [3.05, 3.63) is 35.4 Å². The maximum Gasteiger partial charge on any atom is 0.0865 e. The minimum absolute atomic E-state index is 0.374. The molecule has 3 aliphatic rings. The van der Waals surface area contributed by atoms with Gasteiger partial charge >= 0.3 is 0 Å². The second-order valence-electron chi connectivity index (χ2n) is 7.60. The highest BCUT2D eigenvalue weighted by Gasteiger charge is 2.43. The number of hydrogen-bond acceptors (Lipinski definition) is 3. The summed E-state index contributed by atoms with van der Waals surface area (Å²) in [5.41, 5.74) is 3.60. The number of fused-ring (bicyclic) bond motifs is 2. The van der Waals surface area contributed by atoms with Crippen LogP contribution in [0.15, 0.2) is 24.3 Å². The second-order valence-corrected chi connectivity index (χ2v) is 7.60. The Morgan fingerprint density at radius 3 is 2.52 bits per heavy atom. The van der Waals surface area contributed by atoms with E-state index in [9.17, 15) is 0 Å². The molecule has 1 aromatic carbocycles. The molecule has 3 nitrogen and oxygen atoms in total. The number of nitriles is 1. The summed E-state index contributed by atoms with van der Waals surface area (Å²) in [5.74, 6) is 0. The van der Waals surface area contributed by atoms with Crippen molar-refractivity contribution >= 4 is 0 Å². The summed E-state index contributed by atoms with van der Waals surface area (Å²) in [6.07, 6.45) is 7.82. The van der Waals surface area contributed by atoms with Gasteiger partial charge in [-0.1, -0.05) is 24.3 Å². The lowest BCUT2D eigenvalue weighted by Gasteiger charge is -2.48. The van der Waals surface area contributed by atoms with E-state index in [-0.39, 0.29) is 0 Å². The van der Waals surface area contributed by atoms with Gasteiger partial charge in [-0.2, -0.15) is 5.26 Å².